The van der Waals surface area contributed by atoms with Crippen molar-refractivity contribution in [1.29, 1.82) is 0 Å². The Morgan fingerprint density at radius 2 is 2.00 bits per heavy atom. The van der Waals surface area contributed by atoms with Crippen LogP contribution in [-0.4, -0.2) is 12.8 Å². The molecule has 0 heterocycles. The van der Waals surface area contributed by atoms with Gasteiger partial charge in [0.05, 0.1) is 0 Å². The van der Waals surface area contributed by atoms with E-state index in [1.54, 1.807) is 0 Å². The zero-order valence-electron chi connectivity index (χ0n) is 7.65. The quantitative estimate of drug-likeness (QED) is 0.534. The lowest BCUT2D eigenvalue weighted by atomic mass is 10.1. The molecule has 0 spiro atoms. The molecule has 0 radical (unpaired) electrons. The van der Waals surface area contributed by atoms with E-state index in [0.29, 0.717) is 0 Å². The molecule has 0 atom stereocenters. The number of hydrogen-bond acceptors (Lipinski definition) is 1. The van der Waals surface area contributed by atoms with Crippen molar-refractivity contribution in [3.05, 3.63) is 0 Å². The van der Waals surface area contributed by atoms with E-state index < -0.39 is 0 Å². The highest BCUT2D eigenvalue weighted by molar-refractivity contribution is 5.81. The van der Waals surface area contributed by atoms with Gasteiger partial charge in [-0.1, -0.05) is 20.3 Å². The van der Waals surface area contributed by atoms with Gasteiger partial charge >= 0.3 is 0 Å². The zero-order valence-corrected chi connectivity index (χ0v) is 7.65. The van der Waals surface area contributed by atoms with E-state index in [4.69, 9.17) is 0 Å². The van der Waals surface area contributed by atoms with Gasteiger partial charge in [-0.25, -0.2) is 0 Å². The third-order valence-electron chi connectivity index (χ3n) is 1.70. The van der Waals surface area contributed by atoms with Crippen molar-refractivity contribution in [3.8, 4) is 0 Å². The summed E-state index contributed by atoms with van der Waals surface area (Å²) >= 11 is 0. The molecule has 0 aromatic rings. The normalized spacial score (nSPS) is 12.7. The van der Waals surface area contributed by atoms with Crippen LogP contribution in [0.15, 0.2) is 4.99 Å². The summed E-state index contributed by atoms with van der Waals surface area (Å²) in [6.45, 7) is 6.62. The molecule has 0 saturated carbocycles. The SMILES string of the molecule is CN=C(C)CCCC(C)C. The average Bonchev–Trinajstić information content (AvgIpc) is 1.87. The average molecular weight is 141 g/mol. The van der Waals surface area contributed by atoms with Crippen LogP contribution < -0.4 is 0 Å². The van der Waals surface area contributed by atoms with Crippen molar-refractivity contribution < 1.29 is 0 Å². The zero-order chi connectivity index (χ0) is 7.98. The summed E-state index contributed by atoms with van der Waals surface area (Å²) in [5, 5.41) is 0. The van der Waals surface area contributed by atoms with Crippen LogP contribution in [0.4, 0.5) is 0 Å². The fourth-order valence-corrected chi connectivity index (χ4v) is 0.878. The Labute approximate surface area is 64.6 Å². The maximum atomic E-state index is 4.10. The molecule has 0 amide bonds. The van der Waals surface area contributed by atoms with Gasteiger partial charge in [0, 0.05) is 12.8 Å². The summed E-state index contributed by atoms with van der Waals surface area (Å²) in [5.74, 6) is 0.838. The Bertz CT molecular complexity index is 103. The molecule has 0 aromatic heterocycles. The van der Waals surface area contributed by atoms with Gasteiger partial charge in [0.15, 0.2) is 0 Å². The monoisotopic (exact) mass is 141 g/mol. The summed E-state index contributed by atoms with van der Waals surface area (Å²) in [6, 6.07) is 0. The molecule has 1 nitrogen and oxygen atoms in total. The molecule has 0 N–H and O–H groups in total. The third kappa shape index (κ3) is 5.80. The van der Waals surface area contributed by atoms with Crippen molar-refractivity contribution in [2.75, 3.05) is 7.05 Å². The van der Waals surface area contributed by atoms with Crippen molar-refractivity contribution in [1.82, 2.24) is 0 Å². The molecule has 0 aromatic carbocycles. The van der Waals surface area contributed by atoms with Gasteiger partial charge in [0.25, 0.3) is 0 Å². The van der Waals surface area contributed by atoms with Crippen LogP contribution in [-0.2, 0) is 0 Å². The van der Waals surface area contributed by atoms with E-state index in [2.05, 4.69) is 25.8 Å². The number of nitrogens with zero attached hydrogens (tertiary/aromatic N) is 1. The lowest BCUT2D eigenvalue weighted by molar-refractivity contribution is 0.564. The maximum Gasteiger partial charge on any atom is 0.0276 e. The van der Waals surface area contributed by atoms with Crippen LogP contribution in [0.3, 0.4) is 0 Å². The van der Waals surface area contributed by atoms with Crippen LogP contribution in [0.25, 0.3) is 0 Å². The van der Waals surface area contributed by atoms with E-state index in [1.807, 2.05) is 7.05 Å². The number of rotatable bonds is 4. The molecule has 0 aliphatic heterocycles. The molecular formula is C9H19N. The highest BCUT2D eigenvalue weighted by atomic mass is 14.7. The molecule has 0 unspecified atom stereocenters. The molecule has 10 heavy (non-hydrogen) atoms. The fourth-order valence-electron chi connectivity index (χ4n) is 0.878. The minimum absolute atomic E-state index is 0.838. The van der Waals surface area contributed by atoms with Gasteiger partial charge in [-0.15, -0.1) is 0 Å². The predicted octanol–water partition coefficient (Wildman–Crippen LogP) is 2.90. The van der Waals surface area contributed by atoms with Crippen LogP contribution in [0.5, 0.6) is 0 Å². The second kappa shape index (κ2) is 5.45. The fraction of sp³-hybridized carbons (Fsp3) is 0.889. The van der Waals surface area contributed by atoms with E-state index in [9.17, 15) is 0 Å². The second-order valence-electron chi connectivity index (χ2n) is 3.24. The first kappa shape index (κ1) is 9.67. The molecule has 1 heteroatoms. The maximum absolute atomic E-state index is 4.10. The van der Waals surface area contributed by atoms with Crippen LogP contribution >= 0.6 is 0 Å². The van der Waals surface area contributed by atoms with Gasteiger partial charge in [-0.3, -0.25) is 4.99 Å². The summed E-state index contributed by atoms with van der Waals surface area (Å²) in [4.78, 5) is 4.10. The molecule has 0 fully saturated rings. The Morgan fingerprint density at radius 1 is 1.40 bits per heavy atom. The first-order chi connectivity index (χ1) is 4.66. The second-order valence-corrected chi connectivity index (χ2v) is 3.24. The highest BCUT2D eigenvalue weighted by Gasteiger charge is 1.94. The van der Waals surface area contributed by atoms with Gasteiger partial charge < -0.3 is 0 Å². The first-order valence-corrected chi connectivity index (χ1v) is 4.09. The van der Waals surface area contributed by atoms with Crippen molar-refractivity contribution in [2.45, 2.75) is 40.0 Å². The predicted molar refractivity (Wildman–Crippen MR) is 47.7 cm³/mol. The van der Waals surface area contributed by atoms with Gasteiger partial charge in [-0.05, 0) is 25.7 Å². The summed E-state index contributed by atoms with van der Waals surface area (Å²) in [5.41, 5.74) is 1.28. The summed E-state index contributed by atoms with van der Waals surface area (Å²) in [7, 11) is 1.87. The smallest absolute Gasteiger partial charge is 0.0276 e. The van der Waals surface area contributed by atoms with Crippen LogP contribution in [0.1, 0.15) is 40.0 Å². The first-order valence-electron chi connectivity index (χ1n) is 4.09. The summed E-state index contributed by atoms with van der Waals surface area (Å²) < 4.78 is 0. The Morgan fingerprint density at radius 3 is 2.40 bits per heavy atom. The highest BCUT2D eigenvalue weighted by Crippen LogP contribution is 2.06. The largest absolute Gasteiger partial charge is 0.298 e. The third-order valence-corrected chi connectivity index (χ3v) is 1.70. The molecule has 60 valence electrons. The van der Waals surface area contributed by atoms with Crippen LogP contribution in [0.2, 0.25) is 0 Å². The van der Waals surface area contributed by atoms with Gasteiger partial charge in [-0.2, -0.15) is 0 Å². The Kier molecular flexibility index (Phi) is 5.27. The summed E-state index contributed by atoms with van der Waals surface area (Å²) in [6.07, 6.45) is 3.79. The number of aliphatic imine (C=N–C) groups is 1. The van der Waals surface area contributed by atoms with Crippen LogP contribution in [0, 0.1) is 5.92 Å². The molecule has 0 rings (SSSR count). The Balaban J connectivity index is 3.20. The molecule has 0 bridgehead atoms. The lowest BCUT2D eigenvalue weighted by Gasteiger charge is -2.02. The lowest BCUT2D eigenvalue weighted by Crippen LogP contribution is -1.93. The minimum Gasteiger partial charge on any atom is -0.298 e. The topological polar surface area (TPSA) is 12.4 Å². The minimum atomic E-state index is 0.838. The van der Waals surface area contributed by atoms with E-state index in [1.165, 1.54) is 25.0 Å². The van der Waals surface area contributed by atoms with Crippen molar-refractivity contribution >= 4 is 5.71 Å². The van der Waals surface area contributed by atoms with Gasteiger partial charge in [0.1, 0.15) is 0 Å². The van der Waals surface area contributed by atoms with E-state index >= 15 is 0 Å². The van der Waals surface area contributed by atoms with Crippen molar-refractivity contribution in [2.24, 2.45) is 10.9 Å². The van der Waals surface area contributed by atoms with Gasteiger partial charge in [0.2, 0.25) is 0 Å². The Hall–Kier alpha value is -0.330. The standard InChI is InChI=1S/C9H19N/c1-8(2)6-5-7-9(3)10-4/h8H,5-7H2,1-4H3. The van der Waals surface area contributed by atoms with Crippen molar-refractivity contribution in [3.63, 3.8) is 0 Å². The molecule has 0 aliphatic carbocycles. The number of hydrogen-bond donors (Lipinski definition) is 0. The molecule has 0 aliphatic rings. The molecule has 0 saturated heterocycles. The van der Waals surface area contributed by atoms with E-state index in [-0.39, 0.29) is 0 Å². The molecular weight excluding hydrogens is 122 g/mol. The van der Waals surface area contributed by atoms with E-state index in [0.717, 1.165) is 5.92 Å².